The molecule has 0 bridgehead atoms. The molecule has 0 radical (unpaired) electrons. The number of carbonyl (C=O) groups excluding carboxylic acids is 1. The summed E-state index contributed by atoms with van der Waals surface area (Å²) in [4.78, 5) is 13.4. The van der Waals surface area contributed by atoms with Crippen molar-refractivity contribution in [2.45, 2.75) is 65.1 Å². The molecule has 1 aliphatic rings. The van der Waals surface area contributed by atoms with Crippen LogP contribution in [0, 0.1) is 13.8 Å². The standard InChI is InChI=1S/C24H32N2O4S/c1-7-21(26(31(6,28)29)18-11-8-16(2)9-12-18)23(27)25-20-15-24(4,5)30-22-13-10-17(3)14-19(20)22/h8-14,20-21H,7,15H2,1-6H3,(H,25,27)/t20-,21-/m1/s1. The number of fused-ring (bicyclic) bond motifs is 1. The molecule has 31 heavy (non-hydrogen) atoms. The summed E-state index contributed by atoms with van der Waals surface area (Å²) >= 11 is 0. The quantitative estimate of drug-likeness (QED) is 0.722. The van der Waals surface area contributed by atoms with Crippen LogP contribution in [-0.4, -0.2) is 32.2 Å². The van der Waals surface area contributed by atoms with E-state index in [1.807, 2.05) is 65.0 Å². The summed E-state index contributed by atoms with van der Waals surface area (Å²) < 4.78 is 32.7. The van der Waals surface area contributed by atoms with Gasteiger partial charge in [0.05, 0.1) is 18.0 Å². The highest BCUT2D eigenvalue weighted by Crippen LogP contribution is 2.40. The molecule has 1 amide bonds. The van der Waals surface area contributed by atoms with Crippen LogP contribution in [0.5, 0.6) is 5.75 Å². The van der Waals surface area contributed by atoms with Crippen molar-refractivity contribution in [3.8, 4) is 5.75 Å². The summed E-state index contributed by atoms with van der Waals surface area (Å²) in [5.41, 5.74) is 3.05. The fraction of sp³-hybridized carbons (Fsp3) is 0.458. The van der Waals surface area contributed by atoms with Crippen molar-refractivity contribution in [3.63, 3.8) is 0 Å². The second-order valence-electron chi connectivity index (χ2n) is 8.99. The Morgan fingerprint density at radius 3 is 2.35 bits per heavy atom. The van der Waals surface area contributed by atoms with Gasteiger partial charge in [0.15, 0.2) is 0 Å². The number of hydrogen-bond donors (Lipinski definition) is 1. The maximum atomic E-state index is 13.4. The fourth-order valence-corrected chi connectivity index (χ4v) is 5.33. The number of anilines is 1. The van der Waals surface area contributed by atoms with Gasteiger partial charge in [-0.2, -0.15) is 0 Å². The molecule has 1 N–H and O–H groups in total. The molecule has 2 atom stereocenters. The molecule has 7 heteroatoms. The third kappa shape index (κ3) is 5.21. The van der Waals surface area contributed by atoms with Gasteiger partial charge >= 0.3 is 0 Å². The molecule has 0 aliphatic carbocycles. The number of ether oxygens (including phenoxy) is 1. The van der Waals surface area contributed by atoms with Gasteiger partial charge in [0, 0.05) is 12.0 Å². The van der Waals surface area contributed by atoms with Crippen LogP contribution in [0.1, 0.15) is 56.3 Å². The van der Waals surface area contributed by atoms with E-state index in [2.05, 4.69) is 5.32 Å². The largest absolute Gasteiger partial charge is 0.487 e. The summed E-state index contributed by atoms with van der Waals surface area (Å²) in [5.74, 6) is 0.433. The first-order valence-corrected chi connectivity index (χ1v) is 12.4. The summed E-state index contributed by atoms with van der Waals surface area (Å²) in [6.07, 6.45) is 2.08. The number of hydrogen-bond acceptors (Lipinski definition) is 4. The normalized spacial score (nSPS) is 18.5. The number of nitrogens with one attached hydrogen (secondary N) is 1. The highest BCUT2D eigenvalue weighted by molar-refractivity contribution is 7.92. The zero-order valence-corrected chi connectivity index (χ0v) is 19.9. The molecular formula is C24H32N2O4S. The van der Waals surface area contributed by atoms with Gasteiger partial charge in [-0.1, -0.05) is 42.3 Å². The Hall–Kier alpha value is -2.54. The van der Waals surface area contributed by atoms with Crippen molar-refractivity contribution in [3.05, 3.63) is 59.2 Å². The van der Waals surface area contributed by atoms with Crippen molar-refractivity contribution in [2.24, 2.45) is 0 Å². The Labute approximate surface area is 185 Å². The number of rotatable bonds is 6. The maximum absolute atomic E-state index is 13.4. The van der Waals surface area contributed by atoms with Crippen molar-refractivity contribution >= 4 is 21.6 Å². The van der Waals surface area contributed by atoms with E-state index in [1.54, 1.807) is 12.1 Å². The zero-order valence-electron chi connectivity index (χ0n) is 19.1. The molecule has 1 heterocycles. The van der Waals surface area contributed by atoms with Crippen LogP contribution in [0.25, 0.3) is 0 Å². The number of carbonyl (C=O) groups is 1. The van der Waals surface area contributed by atoms with Crippen molar-refractivity contribution in [1.29, 1.82) is 0 Å². The highest BCUT2D eigenvalue weighted by Gasteiger charge is 2.37. The predicted octanol–water partition coefficient (Wildman–Crippen LogP) is 4.27. The SMILES string of the molecule is CC[C@H](C(=O)N[C@@H]1CC(C)(C)Oc2ccc(C)cc21)N(c1ccc(C)cc1)S(C)(=O)=O. The van der Waals surface area contributed by atoms with Gasteiger partial charge in [-0.25, -0.2) is 8.42 Å². The number of aryl methyl sites for hydroxylation is 2. The smallest absolute Gasteiger partial charge is 0.244 e. The second-order valence-corrected chi connectivity index (χ2v) is 10.8. The van der Waals surface area contributed by atoms with Crippen LogP contribution >= 0.6 is 0 Å². The average Bonchev–Trinajstić information content (AvgIpc) is 2.66. The summed E-state index contributed by atoms with van der Waals surface area (Å²) in [5, 5.41) is 3.12. The average molecular weight is 445 g/mol. The lowest BCUT2D eigenvalue weighted by molar-refractivity contribution is -0.123. The summed E-state index contributed by atoms with van der Waals surface area (Å²) in [6, 6.07) is 12.0. The molecule has 0 saturated heterocycles. The van der Waals surface area contributed by atoms with Gasteiger partial charge in [-0.05, 0) is 52.3 Å². The molecule has 2 aromatic rings. The van der Waals surface area contributed by atoms with Crippen LogP contribution in [0.2, 0.25) is 0 Å². The summed E-state index contributed by atoms with van der Waals surface area (Å²) in [7, 11) is -3.67. The molecule has 1 aliphatic heterocycles. The van der Waals surface area contributed by atoms with E-state index in [9.17, 15) is 13.2 Å². The molecule has 6 nitrogen and oxygen atoms in total. The zero-order chi connectivity index (χ0) is 23.0. The van der Waals surface area contributed by atoms with E-state index < -0.39 is 21.7 Å². The van der Waals surface area contributed by atoms with Crippen LogP contribution in [0.15, 0.2) is 42.5 Å². The minimum absolute atomic E-state index is 0.264. The molecule has 0 unspecified atom stereocenters. The van der Waals surface area contributed by atoms with E-state index >= 15 is 0 Å². The second kappa shape index (κ2) is 8.54. The fourth-order valence-electron chi connectivity index (χ4n) is 4.12. The Morgan fingerprint density at radius 1 is 1.16 bits per heavy atom. The van der Waals surface area contributed by atoms with Crippen molar-refractivity contribution < 1.29 is 17.9 Å². The van der Waals surface area contributed by atoms with Gasteiger partial charge in [-0.15, -0.1) is 0 Å². The Balaban J connectivity index is 1.95. The molecule has 0 fully saturated rings. The minimum Gasteiger partial charge on any atom is -0.487 e. The van der Waals surface area contributed by atoms with E-state index in [0.717, 1.165) is 28.7 Å². The third-order valence-electron chi connectivity index (χ3n) is 5.56. The number of amides is 1. The monoisotopic (exact) mass is 444 g/mol. The first kappa shape index (κ1) is 23.1. The van der Waals surface area contributed by atoms with Crippen molar-refractivity contribution in [2.75, 3.05) is 10.6 Å². The third-order valence-corrected chi connectivity index (χ3v) is 6.74. The Kier molecular flexibility index (Phi) is 6.37. The Bertz CT molecular complexity index is 1060. The number of sulfonamides is 1. The van der Waals surface area contributed by atoms with Gasteiger partial charge in [0.1, 0.15) is 17.4 Å². The summed E-state index contributed by atoms with van der Waals surface area (Å²) in [6.45, 7) is 9.73. The molecule has 0 saturated carbocycles. The van der Waals surface area contributed by atoms with Crippen LogP contribution < -0.4 is 14.4 Å². The Morgan fingerprint density at radius 2 is 1.77 bits per heavy atom. The van der Waals surface area contributed by atoms with Gasteiger partial charge in [0.2, 0.25) is 15.9 Å². The first-order valence-electron chi connectivity index (χ1n) is 10.6. The van der Waals surface area contributed by atoms with E-state index in [1.165, 1.54) is 4.31 Å². The lowest BCUT2D eigenvalue weighted by Gasteiger charge is -2.39. The minimum atomic E-state index is -3.67. The first-order chi connectivity index (χ1) is 14.4. The molecule has 2 aromatic carbocycles. The van der Waals surface area contributed by atoms with E-state index in [4.69, 9.17) is 4.74 Å². The molecular weight excluding hydrogens is 412 g/mol. The topological polar surface area (TPSA) is 75.7 Å². The lowest BCUT2D eigenvalue weighted by atomic mass is 9.88. The maximum Gasteiger partial charge on any atom is 0.244 e. The molecule has 0 spiro atoms. The highest BCUT2D eigenvalue weighted by atomic mass is 32.2. The predicted molar refractivity (Wildman–Crippen MR) is 124 cm³/mol. The van der Waals surface area contributed by atoms with Gasteiger partial charge in [0.25, 0.3) is 0 Å². The van der Waals surface area contributed by atoms with Crippen LogP contribution in [-0.2, 0) is 14.8 Å². The van der Waals surface area contributed by atoms with Crippen LogP contribution in [0.3, 0.4) is 0 Å². The van der Waals surface area contributed by atoms with Gasteiger partial charge < -0.3 is 10.1 Å². The van der Waals surface area contributed by atoms with E-state index in [0.29, 0.717) is 18.5 Å². The molecule has 168 valence electrons. The van der Waals surface area contributed by atoms with E-state index in [-0.39, 0.29) is 11.9 Å². The molecule has 0 aromatic heterocycles. The lowest BCUT2D eigenvalue weighted by Crippen LogP contribution is -2.51. The molecule has 3 rings (SSSR count). The number of nitrogens with zero attached hydrogens (tertiary/aromatic N) is 1. The number of benzene rings is 2. The van der Waals surface area contributed by atoms with Gasteiger partial charge in [-0.3, -0.25) is 9.10 Å². The van der Waals surface area contributed by atoms with Crippen molar-refractivity contribution in [1.82, 2.24) is 5.32 Å². The van der Waals surface area contributed by atoms with Crippen LogP contribution in [0.4, 0.5) is 5.69 Å².